The summed E-state index contributed by atoms with van der Waals surface area (Å²) >= 11 is 0. The largest absolute Gasteiger partial charge is 0.370 e. The number of anilines is 1. The molecule has 1 heterocycles. The summed E-state index contributed by atoms with van der Waals surface area (Å²) < 4.78 is 12.7. The highest BCUT2D eigenvalue weighted by molar-refractivity contribution is 5.34. The molecule has 0 spiro atoms. The summed E-state index contributed by atoms with van der Waals surface area (Å²) in [6, 6.07) is 4.81. The Bertz CT molecular complexity index is 336. The van der Waals surface area contributed by atoms with Crippen LogP contribution < -0.4 is 5.32 Å². The van der Waals surface area contributed by atoms with Gasteiger partial charge >= 0.3 is 0 Å². The van der Waals surface area contributed by atoms with Gasteiger partial charge in [-0.3, -0.25) is 0 Å². The van der Waals surface area contributed by atoms with E-state index >= 15 is 0 Å². The molecule has 3 heteroatoms. The normalized spacial score (nSPS) is 23.2. The molecular weight excluding hydrogens is 179 g/mol. The first-order valence-corrected chi connectivity index (χ1v) is 4.94. The molecule has 0 radical (unpaired) electrons. The number of hydrogen-bond donors (Lipinski definition) is 1. The number of rotatable bonds is 3. The standard InChI is InChI=1S/C11H15FN2/c1-11(2)6-8(11)7-13-10-5-3-4-9(12)14-10/h3-5,8H,6-7H2,1-2H3,(H,13,14). The summed E-state index contributed by atoms with van der Waals surface area (Å²) in [4.78, 5) is 3.74. The highest BCUT2D eigenvalue weighted by Gasteiger charge is 2.44. The fourth-order valence-corrected chi connectivity index (χ4v) is 1.66. The molecule has 0 bridgehead atoms. The lowest BCUT2D eigenvalue weighted by Gasteiger charge is -2.06. The minimum Gasteiger partial charge on any atom is -0.370 e. The molecule has 1 unspecified atom stereocenters. The maximum Gasteiger partial charge on any atom is 0.214 e. The van der Waals surface area contributed by atoms with Crippen molar-refractivity contribution < 1.29 is 4.39 Å². The lowest BCUT2D eigenvalue weighted by Crippen LogP contribution is -2.08. The Morgan fingerprint density at radius 2 is 2.29 bits per heavy atom. The Morgan fingerprint density at radius 1 is 1.57 bits per heavy atom. The van der Waals surface area contributed by atoms with Crippen molar-refractivity contribution in [1.29, 1.82) is 0 Å². The molecule has 1 fully saturated rings. The topological polar surface area (TPSA) is 24.9 Å². The van der Waals surface area contributed by atoms with E-state index < -0.39 is 5.95 Å². The highest BCUT2D eigenvalue weighted by Crippen LogP contribution is 2.51. The van der Waals surface area contributed by atoms with Crippen LogP contribution in [0, 0.1) is 17.3 Å². The summed E-state index contributed by atoms with van der Waals surface area (Å²) in [5.74, 6) is 0.908. The zero-order valence-electron chi connectivity index (χ0n) is 8.55. The van der Waals surface area contributed by atoms with Crippen molar-refractivity contribution in [3.63, 3.8) is 0 Å². The van der Waals surface area contributed by atoms with Crippen molar-refractivity contribution in [2.45, 2.75) is 20.3 Å². The van der Waals surface area contributed by atoms with Gasteiger partial charge in [0, 0.05) is 6.54 Å². The van der Waals surface area contributed by atoms with Gasteiger partial charge in [0.1, 0.15) is 5.82 Å². The first kappa shape index (κ1) is 9.44. The zero-order chi connectivity index (χ0) is 10.2. The number of nitrogens with one attached hydrogen (secondary N) is 1. The van der Waals surface area contributed by atoms with Gasteiger partial charge in [-0.05, 0) is 29.9 Å². The van der Waals surface area contributed by atoms with Gasteiger partial charge in [0.25, 0.3) is 0 Å². The van der Waals surface area contributed by atoms with E-state index in [2.05, 4.69) is 24.1 Å². The van der Waals surface area contributed by atoms with Gasteiger partial charge in [0.2, 0.25) is 5.95 Å². The molecule has 1 aliphatic carbocycles. The van der Waals surface area contributed by atoms with Crippen LogP contribution in [-0.4, -0.2) is 11.5 Å². The Kier molecular flexibility index (Phi) is 2.17. The highest BCUT2D eigenvalue weighted by atomic mass is 19.1. The van der Waals surface area contributed by atoms with E-state index in [9.17, 15) is 4.39 Å². The second-order valence-electron chi connectivity index (χ2n) is 4.62. The zero-order valence-corrected chi connectivity index (χ0v) is 8.55. The maximum atomic E-state index is 12.7. The third kappa shape index (κ3) is 2.03. The van der Waals surface area contributed by atoms with E-state index in [1.165, 1.54) is 12.5 Å². The van der Waals surface area contributed by atoms with Crippen LogP contribution >= 0.6 is 0 Å². The molecule has 2 rings (SSSR count). The molecule has 0 aliphatic heterocycles. The van der Waals surface area contributed by atoms with Gasteiger partial charge in [0.15, 0.2) is 0 Å². The lowest BCUT2D eigenvalue weighted by molar-refractivity contribution is 0.569. The first-order valence-electron chi connectivity index (χ1n) is 4.94. The van der Waals surface area contributed by atoms with E-state index in [0.29, 0.717) is 17.2 Å². The fraction of sp³-hybridized carbons (Fsp3) is 0.545. The van der Waals surface area contributed by atoms with Crippen LogP contribution in [-0.2, 0) is 0 Å². The summed E-state index contributed by atoms with van der Waals surface area (Å²) in [6.07, 6.45) is 1.25. The van der Waals surface area contributed by atoms with Gasteiger partial charge in [-0.2, -0.15) is 4.39 Å². The smallest absolute Gasteiger partial charge is 0.214 e. The van der Waals surface area contributed by atoms with Crippen LogP contribution in [0.2, 0.25) is 0 Å². The van der Waals surface area contributed by atoms with E-state index in [1.54, 1.807) is 12.1 Å². The van der Waals surface area contributed by atoms with Gasteiger partial charge in [0.05, 0.1) is 0 Å². The minimum atomic E-state index is -0.426. The second-order valence-corrected chi connectivity index (χ2v) is 4.62. The number of hydrogen-bond acceptors (Lipinski definition) is 2. The van der Waals surface area contributed by atoms with E-state index in [0.717, 1.165) is 6.54 Å². The predicted octanol–water partition coefficient (Wildman–Crippen LogP) is 2.68. The monoisotopic (exact) mass is 194 g/mol. The fourth-order valence-electron chi connectivity index (χ4n) is 1.66. The van der Waals surface area contributed by atoms with Crippen LogP contribution in [0.25, 0.3) is 0 Å². The molecule has 1 saturated carbocycles. The molecule has 76 valence electrons. The molecule has 2 nitrogen and oxygen atoms in total. The lowest BCUT2D eigenvalue weighted by atomic mass is 10.1. The van der Waals surface area contributed by atoms with Crippen LogP contribution in [0.5, 0.6) is 0 Å². The Morgan fingerprint density at radius 3 is 2.86 bits per heavy atom. The average molecular weight is 194 g/mol. The van der Waals surface area contributed by atoms with Crippen molar-refractivity contribution in [1.82, 2.24) is 4.98 Å². The molecular formula is C11H15FN2. The molecule has 1 N–H and O–H groups in total. The molecule has 1 aromatic rings. The van der Waals surface area contributed by atoms with Gasteiger partial charge in [-0.1, -0.05) is 19.9 Å². The SMILES string of the molecule is CC1(C)CC1CNc1cccc(F)n1. The Balaban J connectivity index is 1.87. The van der Waals surface area contributed by atoms with Crippen LogP contribution in [0.3, 0.4) is 0 Å². The quantitative estimate of drug-likeness (QED) is 0.748. The van der Waals surface area contributed by atoms with Crippen molar-refractivity contribution in [2.75, 3.05) is 11.9 Å². The molecule has 14 heavy (non-hydrogen) atoms. The van der Waals surface area contributed by atoms with Crippen molar-refractivity contribution in [3.05, 3.63) is 24.1 Å². The predicted molar refractivity (Wildman–Crippen MR) is 54.6 cm³/mol. The van der Waals surface area contributed by atoms with Gasteiger partial charge in [-0.15, -0.1) is 0 Å². The van der Waals surface area contributed by atoms with Crippen molar-refractivity contribution >= 4 is 5.82 Å². The number of nitrogens with zero attached hydrogens (tertiary/aromatic N) is 1. The molecule has 0 amide bonds. The van der Waals surface area contributed by atoms with E-state index in [-0.39, 0.29) is 0 Å². The van der Waals surface area contributed by atoms with Gasteiger partial charge in [-0.25, -0.2) is 4.98 Å². The van der Waals surface area contributed by atoms with Crippen molar-refractivity contribution in [3.8, 4) is 0 Å². The third-order valence-corrected chi connectivity index (χ3v) is 2.96. The van der Waals surface area contributed by atoms with Crippen LogP contribution in [0.1, 0.15) is 20.3 Å². The molecule has 0 aromatic carbocycles. The summed E-state index contributed by atoms with van der Waals surface area (Å²) in [6.45, 7) is 5.39. The number of halogens is 1. The van der Waals surface area contributed by atoms with Crippen molar-refractivity contribution in [2.24, 2.45) is 11.3 Å². The van der Waals surface area contributed by atoms with E-state index in [4.69, 9.17) is 0 Å². The Labute approximate surface area is 83.6 Å². The second kappa shape index (κ2) is 3.23. The molecule has 1 atom stereocenters. The molecule has 1 aliphatic rings. The molecule has 0 saturated heterocycles. The van der Waals surface area contributed by atoms with Crippen LogP contribution in [0.15, 0.2) is 18.2 Å². The summed E-state index contributed by atoms with van der Waals surface area (Å²) in [5.41, 5.74) is 0.459. The average Bonchev–Trinajstić information content (AvgIpc) is 2.71. The molecule has 1 aromatic heterocycles. The first-order chi connectivity index (χ1) is 6.58. The maximum absolute atomic E-state index is 12.7. The van der Waals surface area contributed by atoms with E-state index in [1.807, 2.05) is 0 Å². The third-order valence-electron chi connectivity index (χ3n) is 2.96. The number of pyridine rings is 1. The summed E-state index contributed by atoms with van der Waals surface area (Å²) in [5, 5.41) is 3.15. The van der Waals surface area contributed by atoms with Crippen LogP contribution in [0.4, 0.5) is 10.2 Å². The minimum absolute atomic E-state index is 0.426. The number of aromatic nitrogens is 1. The van der Waals surface area contributed by atoms with Gasteiger partial charge < -0.3 is 5.32 Å². The summed E-state index contributed by atoms with van der Waals surface area (Å²) in [7, 11) is 0. The Hall–Kier alpha value is -1.12.